The first-order valence-electron chi connectivity index (χ1n) is 8.19. The van der Waals surface area contributed by atoms with Crippen molar-refractivity contribution in [2.45, 2.75) is 12.8 Å². The molecule has 0 atom stereocenters. The highest BCUT2D eigenvalue weighted by Crippen LogP contribution is 2.32. The second-order valence-electron chi connectivity index (χ2n) is 6.04. The van der Waals surface area contributed by atoms with Gasteiger partial charge >= 0.3 is 0 Å². The summed E-state index contributed by atoms with van der Waals surface area (Å²) >= 11 is 0. The van der Waals surface area contributed by atoms with E-state index in [1.807, 2.05) is 47.4 Å². The molecule has 0 spiro atoms. The zero-order valence-corrected chi connectivity index (χ0v) is 13.4. The SMILES string of the molecule is O=C(Cc1ccccc1)N1CCc2cc(-c3ccncc3)ccc21. The Balaban J connectivity index is 1.57. The van der Waals surface area contributed by atoms with Crippen LogP contribution in [0.2, 0.25) is 0 Å². The first-order chi connectivity index (χ1) is 11.8. The first-order valence-corrected chi connectivity index (χ1v) is 8.19. The highest BCUT2D eigenvalue weighted by Gasteiger charge is 2.24. The lowest BCUT2D eigenvalue weighted by molar-refractivity contribution is -0.117. The third-order valence-electron chi connectivity index (χ3n) is 4.49. The molecule has 24 heavy (non-hydrogen) atoms. The molecule has 2 heterocycles. The summed E-state index contributed by atoms with van der Waals surface area (Å²) in [4.78, 5) is 18.6. The third-order valence-corrected chi connectivity index (χ3v) is 4.49. The Kier molecular flexibility index (Phi) is 3.83. The molecule has 0 saturated carbocycles. The van der Waals surface area contributed by atoms with Crippen molar-refractivity contribution in [3.8, 4) is 11.1 Å². The second-order valence-corrected chi connectivity index (χ2v) is 6.04. The van der Waals surface area contributed by atoms with Gasteiger partial charge in [0.05, 0.1) is 6.42 Å². The molecule has 118 valence electrons. The van der Waals surface area contributed by atoms with Crippen LogP contribution in [0.25, 0.3) is 11.1 Å². The van der Waals surface area contributed by atoms with Crippen molar-refractivity contribution in [1.29, 1.82) is 0 Å². The molecule has 1 amide bonds. The number of rotatable bonds is 3. The van der Waals surface area contributed by atoms with Crippen molar-refractivity contribution in [2.24, 2.45) is 0 Å². The molecule has 4 rings (SSSR count). The third kappa shape index (κ3) is 2.81. The summed E-state index contributed by atoms with van der Waals surface area (Å²) in [7, 11) is 0. The number of hydrogen-bond acceptors (Lipinski definition) is 2. The van der Waals surface area contributed by atoms with Crippen LogP contribution >= 0.6 is 0 Å². The molecule has 1 aliphatic heterocycles. The van der Waals surface area contributed by atoms with Gasteiger partial charge in [0.25, 0.3) is 0 Å². The number of aromatic nitrogens is 1. The number of carbonyl (C=O) groups is 1. The molecule has 1 aromatic heterocycles. The minimum atomic E-state index is 0.164. The van der Waals surface area contributed by atoms with Gasteiger partial charge < -0.3 is 4.90 Å². The van der Waals surface area contributed by atoms with Gasteiger partial charge in [-0.15, -0.1) is 0 Å². The Morgan fingerprint density at radius 1 is 0.958 bits per heavy atom. The number of pyridine rings is 1. The Hall–Kier alpha value is -2.94. The number of hydrogen-bond donors (Lipinski definition) is 0. The van der Waals surface area contributed by atoms with Gasteiger partial charge in [0.1, 0.15) is 0 Å². The normalized spacial score (nSPS) is 12.9. The van der Waals surface area contributed by atoms with Crippen LogP contribution in [0.15, 0.2) is 73.1 Å². The van der Waals surface area contributed by atoms with Crippen molar-refractivity contribution in [3.05, 3.63) is 84.2 Å². The fraction of sp³-hybridized carbons (Fsp3) is 0.143. The summed E-state index contributed by atoms with van der Waals surface area (Å²) in [6.45, 7) is 0.765. The molecule has 1 aliphatic rings. The molecule has 0 radical (unpaired) electrons. The minimum Gasteiger partial charge on any atom is -0.312 e. The topological polar surface area (TPSA) is 33.2 Å². The summed E-state index contributed by atoms with van der Waals surface area (Å²) < 4.78 is 0. The van der Waals surface area contributed by atoms with Crippen LogP contribution in [0.5, 0.6) is 0 Å². The van der Waals surface area contributed by atoms with E-state index in [2.05, 4.69) is 23.2 Å². The van der Waals surface area contributed by atoms with Gasteiger partial charge in [-0.25, -0.2) is 0 Å². The molecular formula is C21H18N2O. The van der Waals surface area contributed by atoms with Crippen molar-refractivity contribution >= 4 is 11.6 Å². The quantitative estimate of drug-likeness (QED) is 0.735. The van der Waals surface area contributed by atoms with E-state index in [9.17, 15) is 4.79 Å². The van der Waals surface area contributed by atoms with Crippen molar-refractivity contribution in [3.63, 3.8) is 0 Å². The van der Waals surface area contributed by atoms with E-state index in [-0.39, 0.29) is 5.91 Å². The lowest BCUT2D eigenvalue weighted by atomic mass is 10.0. The molecule has 2 aromatic carbocycles. The summed E-state index contributed by atoms with van der Waals surface area (Å²) in [5, 5.41) is 0. The lowest BCUT2D eigenvalue weighted by Gasteiger charge is -2.17. The van der Waals surface area contributed by atoms with Crippen LogP contribution in [0.3, 0.4) is 0 Å². The van der Waals surface area contributed by atoms with Gasteiger partial charge in [0.2, 0.25) is 5.91 Å². The van der Waals surface area contributed by atoms with E-state index >= 15 is 0 Å². The number of carbonyl (C=O) groups excluding carboxylic acids is 1. The van der Waals surface area contributed by atoms with Crippen LogP contribution in [0, 0.1) is 0 Å². The molecule has 0 aliphatic carbocycles. The Morgan fingerprint density at radius 2 is 1.75 bits per heavy atom. The van der Waals surface area contributed by atoms with Gasteiger partial charge in [-0.3, -0.25) is 9.78 Å². The molecular weight excluding hydrogens is 296 g/mol. The number of fused-ring (bicyclic) bond motifs is 1. The summed E-state index contributed by atoms with van der Waals surface area (Å²) in [6.07, 6.45) is 4.97. The van der Waals surface area contributed by atoms with Crippen LogP contribution in [0.4, 0.5) is 5.69 Å². The summed E-state index contributed by atoms with van der Waals surface area (Å²) in [6, 6.07) is 20.3. The molecule has 0 fully saturated rings. The average Bonchev–Trinajstić information content (AvgIpc) is 3.06. The number of anilines is 1. The number of benzene rings is 2. The summed E-state index contributed by atoms with van der Waals surface area (Å²) in [5.41, 5.74) is 5.68. The molecule has 0 N–H and O–H groups in total. The predicted molar refractivity (Wildman–Crippen MR) is 95.9 cm³/mol. The van der Waals surface area contributed by atoms with Crippen molar-refractivity contribution in [1.82, 2.24) is 4.98 Å². The smallest absolute Gasteiger partial charge is 0.231 e. The second kappa shape index (κ2) is 6.28. The van der Waals surface area contributed by atoms with Gasteiger partial charge in [-0.1, -0.05) is 36.4 Å². The molecule has 0 bridgehead atoms. The maximum atomic E-state index is 12.7. The maximum Gasteiger partial charge on any atom is 0.231 e. The molecule has 3 heteroatoms. The van der Waals surface area contributed by atoms with E-state index in [1.165, 1.54) is 11.1 Å². The Bertz CT molecular complexity index is 860. The van der Waals surface area contributed by atoms with Crippen LogP contribution in [-0.4, -0.2) is 17.4 Å². The van der Waals surface area contributed by atoms with Gasteiger partial charge in [0.15, 0.2) is 0 Å². The molecule has 0 unspecified atom stereocenters. The molecule has 3 aromatic rings. The number of amides is 1. The fourth-order valence-electron chi connectivity index (χ4n) is 3.25. The largest absolute Gasteiger partial charge is 0.312 e. The monoisotopic (exact) mass is 314 g/mol. The van der Waals surface area contributed by atoms with E-state index in [0.29, 0.717) is 6.42 Å². The minimum absolute atomic E-state index is 0.164. The van der Waals surface area contributed by atoms with Crippen molar-refractivity contribution in [2.75, 3.05) is 11.4 Å². The Labute approximate surface area is 141 Å². The van der Waals surface area contributed by atoms with E-state index in [4.69, 9.17) is 0 Å². The fourth-order valence-corrected chi connectivity index (χ4v) is 3.25. The van der Waals surface area contributed by atoms with E-state index < -0.39 is 0 Å². The molecule has 3 nitrogen and oxygen atoms in total. The zero-order valence-electron chi connectivity index (χ0n) is 13.4. The lowest BCUT2D eigenvalue weighted by Crippen LogP contribution is -2.30. The van der Waals surface area contributed by atoms with Crippen LogP contribution in [-0.2, 0) is 17.6 Å². The number of nitrogens with zero attached hydrogens (tertiary/aromatic N) is 2. The maximum absolute atomic E-state index is 12.7. The van der Waals surface area contributed by atoms with Gasteiger partial charge in [-0.05, 0) is 52.9 Å². The highest BCUT2D eigenvalue weighted by atomic mass is 16.2. The average molecular weight is 314 g/mol. The van der Waals surface area contributed by atoms with Crippen molar-refractivity contribution < 1.29 is 4.79 Å². The zero-order chi connectivity index (χ0) is 16.4. The highest BCUT2D eigenvalue weighted by molar-refractivity contribution is 5.97. The first kappa shape index (κ1) is 14.6. The van der Waals surface area contributed by atoms with E-state index in [0.717, 1.165) is 29.8 Å². The summed E-state index contributed by atoms with van der Waals surface area (Å²) in [5.74, 6) is 0.164. The van der Waals surface area contributed by atoms with E-state index in [1.54, 1.807) is 12.4 Å². The predicted octanol–water partition coefficient (Wildman–Crippen LogP) is 3.88. The standard InChI is InChI=1S/C21H18N2O/c24-21(14-16-4-2-1-3-5-16)23-13-10-19-15-18(6-7-20(19)23)17-8-11-22-12-9-17/h1-9,11-12,15H,10,13-14H2. The van der Waals surface area contributed by atoms with Crippen LogP contribution < -0.4 is 4.90 Å². The molecule has 0 saturated heterocycles. The van der Waals surface area contributed by atoms with Crippen LogP contribution in [0.1, 0.15) is 11.1 Å². The van der Waals surface area contributed by atoms with Gasteiger partial charge in [0, 0.05) is 24.6 Å². The Morgan fingerprint density at radius 3 is 2.54 bits per heavy atom. The van der Waals surface area contributed by atoms with Gasteiger partial charge in [-0.2, -0.15) is 0 Å².